The van der Waals surface area contributed by atoms with E-state index in [-0.39, 0.29) is 0 Å². The second-order valence-corrected chi connectivity index (χ2v) is 5.44. The number of nitrogen functional groups attached to an aromatic ring is 1. The molecule has 0 aliphatic rings. The predicted octanol–water partition coefficient (Wildman–Crippen LogP) is 2.74. The largest absolute Gasteiger partial charge is 0.369 e. The second kappa shape index (κ2) is 4.10. The molecular formula is C13H14N4S. The van der Waals surface area contributed by atoms with Crippen molar-refractivity contribution in [2.24, 2.45) is 0 Å². The number of pyridine rings is 1. The normalized spacial score (nSPS) is 11.2. The first-order valence-corrected chi connectivity index (χ1v) is 6.64. The quantitative estimate of drug-likeness (QED) is 0.769. The van der Waals surface area contributed by atoms with Crippen molar-refractivity contribution in [3.63, 3.8) is 0 Å². The molecule has 0 aliphatic carbocycles. The number of aromatic nitrogens is 3. The third-order valence-corrected chi connectivity index (χ3v) is 4.03. The molecule has 0 amide bonds. The molecule has 2 N–H and O–H groups in total. The lowest BCUT2D eigenvalue weighted by Crippen LogP contribution is -2.04. The van der Waals surface area contributed by atoms with Crippen LogP contribution < -0.4 is 5.73 Å². The van der Waals surface area contributed by atoms with Crippen LogP contribution in [0.3, 0.4) is 0 Å². The van der Waals surface area contributed by atoms with E-state index >= 15 is 0 Å². The third kappa shape index (κ3) is 1.76. The summed E-state index contributed by atoms with van der Waals surface area (Å²) in [4.78, 5) is 10.1. The van der Waals surface area contributed by atoms with Gasteiger partial charge in [-0.15, -0.1) is 11.3 Å². The Hall–Kier alpha value is -1.88. The number of nitrogens with two attached hydrogens (primary N) is 1. The van der Waals surface area contributed by atoms with Gasteiger partial charge in [-0.25, -0.2) is 9.97 Å². The fourth-order valence-corrected chi connectivity index (χ4v) is 2.89. The van der Waals surface area contributed by atoms with Gasteiger partial charge in [0.05, 0.1) is 6.54 Å². The summed E-state index contributed by atoms with van der Waals surface area (Å²) >= 11 is 1.74. The molecule has 92 valence electrons. The number of imidazole rings is 1. The number of nitrogens with zero attached hydrogens (tertiary/aromatic N) is 3. The summed E-state index contributed by atoms with van der Waals surface area (Å²) in [6, 6.07) is 4.13. The van der Waals surface area contributed by atoms with E-state index in [0.29, 0.717) is 5.95 Å². The van der Waals surface area contributed by atoms with Crippen molar-refractivity contribution in [1.82, 2.24) is 14.5 Å². The Kier molecular flexibility index (Phi) is 2.56. The molecular weight excluding hydrogens is 244 g/mol. The molecule has 18 heavy (non-hydrogen) atoms. The van der Waals surface area contributed by atoms with Crippen LogP contribution in [-0.2, 0) is 6.54 Å². The zero-order chi connectivity index (χ0) is 12.7. The van der Waals surface area contributed by atoms with Gasteiger partial charge in [-0.1, -0.05) is 0 Å². The molecule has 0 bridgehead atoms. The molecule has 0 saturated carbocycles. The molecule has 0 aliphatic heterocycles. The van der Waals surface area contributed by atoms with E-state index in [1.807, 2.05) is 23.8 Å². The minimum absolute atomic E-state index is 0.524. The Morgan fingerprint density at radius 3 is 2.94 bits per heavy atom. The minimum atomic E-state index is 0.524. The lowest BCUT2D eigenvalue weighted by Gasteiger charge is -2.05. The first-order chi connectivity index (χ1) is 8.65. The molecule has 0 aromatic carbocycles. The Balaban J connectivity index is 2.11. The third-order valence-electron chi connectivity index (χ3n) is 3.02. The second-order valence-electron chi connectivity index (χ2n) is 4.44. The number of anilines is 1. The van der Waals surface area contributed by atoms with Gasteiger partial charge >= 0.3 is 0 Å². The predicted molar refractivity (Wildman–Crippen MR) is 74.8 cm³/mol. The highest BCUT2D eigenvalue weighted by molar-refractivity contribution is 7.10. The molecule has 0 saturated heterocycles. The van der Waals surface area contributed by atoms with Gasteiger partial charge in [0, 0.05) is 11.1 Å². The molecule has 5 heteroatoms. The fourth-order valence-electron chi connectivity index (χ4n) is 1.99. The zero-order valence-electron chi connectivity index (χ0n) is 10.3. The molecule has 3 aromatic rings. The Labute approximate surface area is 109 Å². The number of aryl methyl sites for hydroxylation is 2. The smallest absolute Gasteiger partial charge is 0.202 e. The van der Waals surface area contributed by atoms with Crippen LogP contribution in [0.1, 0.15) is 16.0 Å². The monoisotopic (exact) mass is 258 g/mol. The van der Waals surface area contributed by atoms with Crippen molar-refractivity contribution in [1.29, 1.82) is 0 Å². The molecule has 3 aromatic heterocycles. The van der Waals surface area contributed by atoms with Crippen LogP contribution in [0.25, 0.3) is 11.2 Å². The molecule has 4 nitrogen and oxygen atoms in total. The summed E-state index contributed by atoms with van der Waals surface area (Å²) in [5.41, 5.74) is 10.1. The molecule has 3 heterocycles. The van der Waals surface area contributed by atoms with Gasteiger partial charge in [0.25, 0.3) is 0 Å². The van der Waals surface area contributed by atoms with Crippen LogP contribution in [0.2, 0.25) is 0 Å². The highest BCUT2D eigenvalue weighted by Gasteiger charge is 2.11. The van der Waals surface area contributed by atoms with Gasteiger partial charge in [-0.2, -0.15) is 0 Å². The summed E-state index contributed by atoms with van der Waals surface area (Å²) in [6.45, 7) is 4.85. The summed E-state index contributed by atoms with van der Waals surface area (Å²) in [5.74, 6) is 0.524. The van der Waals surface area contributed by atoms with Crippen molar-refractivity contribution in [2.45, 2.75) is 20.4 Å². The summed E-state index contributed by atoms with van der Waals surface area (Å²) in [7, 11) is 0. The first kappa shape index (κ1) is 11.2. The summed E-state index contributed by atoms with van der Waals surface area (Å²) in [5, 5.41) is 2.09. The lowest BCUT2D eigenvalue weighted by atomic mass is 10.3. The topological polar surface area (TPSA) is 56.7 Å². The number of fused-ring (bicyclic) bond motifs is 1. The van der Waals surface area contributed by atoms with E-state index in [1.165, 1.54) is 10.4 Å². The van der Waals surface area contributed by atoms with Gasteiger partial charge in [0.1, 0.15) is 5.52 Å². The van der Waals surface area contributed by atoms with E-state index in [4.69, 9.17) is 5.73 Å². The average Bonchev–Trinajstić information content (AvgIpc) is 2.85. The van der Waals surface area contributed by atoms with Crippen molar-refractivity contribution < 1.29 is 0 Å². The molecule has 0 radical (unpaired) electrons. The molecule has 0 atom stereocenters. The zero-order valence-corrected chi connectivity index (χ0v) is 11.2. The van der Waals surface area contributed by atoms with Crippen LogP contribution in [0, 0.1) is 13.8 Å². The lowest BCUT2D eigenvalue weighted by molar-refractivity contribution is 0.836. The van der Waals surface area contributed by atoms with Crippen LogP contribution in [0.4, 0.5) is 5.95 Å². The standard InChI is InChI=1S/C13H14N4S/c1-8-5-10-12(15-6-8)17(13(14)16-10)7-11-9(2)3-4-18-11/h3-6H,7H2,1-2H3,(H2,14,16). The van der Waals surface area contributed by atoms with Gasteiger partial charge in [-0.05, 0) is 42.5 Å². The van der Waals surface area contributed by atoms with Gasteiger partial charge < -0.3 is 5.73 Å². The van der Waals surface area contributed by atoms with E-state index in [0.717, 1.165) is 23.3 Å². The average molecular weight is 258 g/mol. The Morgan fingerprint density at radius 1 is 1.39 bits per heavy atom. The Bertz CT molecular complexity index is 711. The minimum Gasteiger partial charge on any atom is -0.369 e. The van der Waals surface area contributed by atoms with Crippen molar-refractivity contribution in [3.8, 4) is 0 Å². The van der Waals surface area contributed by atoms with Crippen LogP contribution in [0.5, 0.6) is 0 Å². The fraction of sp³-hybridized carbons (Fsp3) is 0.231. The summed E-state index contributed by atoms with van der Waals surface area (Å²) < 4.78 is 1.97. The number of rotatable bonds is 2. The number of hydrogen-bond acceptors (Lipinski definition) is 4. The maximum Gasteiger partial charge on any atom is 0.202 e. The highest BCUT2D eigenvalue weighted by atomic mass is 32.1. The van der Waals surface area contributed by atoms with Crippen LogP contribution in [-0.4, -0.2) is 14.5 Å². The number of thiophene rings is 1. The van der Waals surface area contributed by atoms with Crippen molar-refractivity contribution in [3.05, 3.63) is 39.7 Å². The first-order valence-electron chi connectivity index (χ1n) is 5.76. The Morgan fingerprint density at radius 2 is 2.22 bits per heavy atom. The number of hydrogen-bond donors (Lipinski definition) is 1. The van der Waals surface area contributed by atoms with Gasteiger partial charge in [0.2, 0.25) is 5.95 Å². The van der Waals surface area contributed by atoms with Crippen LogP contribution >= 0.6 is 11.3 Å². The van der Waals surface area contributed by atoms with E-state index in [1.54, 1.807) is 11.3 Å². The van der Waals surface area contributed by atoms with Crippen molar-refractivity contribution in [2.75, 3.05) is 5.73 Å². The molecule has 3 rings (SSSR count). The highest BCUT2D eigenvalue weighted by Crippen LogP contribution is 2.22. The van der Waals surface area contributed by atoms with E-state index < -0.39 is 0 Å². The summed E-state index contributed by atoms with van der Waals surface area (Å²) in [6.07, 6.45) is 1.85. The maximum absolute atomic E-state index is 5.99. The molecule has 0 spiro atoms. The SMILES string of the molecule is Cc1cnc2c(c1)nc(N)n2Cc1sccc1C. The maximum atomic E-state index is 5.99. The van der Waals surface area contributed by atoms with Crippen molar-refractivity contribution >= 4 is 28.4 Å². The molecule has 0 unspecified atom stereocenters. The van der Waals surface area contributed by atoms with Gasteiger partial charge in [0.15, 0.2) is 5.65 Å². The van der Waals surface area contributed by atoms with Crippen LogP contribution in [0.15, 0.2) is 23.7 Å². The van der Waals surface area contributed by atoms with E-state index in [2.05, 4.69) is 28.3 Å². The van der Waals surface area contributed by atoms with E-state index in [9.17, 15) is 0 Å². The molecule has 0 fully saturated rings. The van der Waals surface area contributed by atoms with Gasteiger partial charge in [-0.3, -0.25) is 4.57 Å².